The Hall–Kier alpha value is -2.70. The van der Waals surface area contributed by atoms with E-state index in [9.17, 15) is 9.59 Å². The van der Waals surface area contributed by atoms with E-state index in [1.165, 1.54) is 12.7 Å². The number of methoxy groups -OCH3 is 2. The van der Waals surface area contributed by atoms with Crippen molar-refractivity contribution in [3.63, 3.8) is 0 Å². The lowest BCUT2D eigenvalue weighted by Gasteiger charge is -2.30. The second kappa shape index (κ2) is 7.90. The summed E-state index contributed by atoms with van der Waals surface area (Å²) in [5.41, 5.74) is 3.28. The fourth-order valence-electron chi connectivity index (χ4n) is 3.54. The standard InChI is InChI=1S/C20H27N3O4/c1-5-12(2)18(19(24)27-4)22-20(25)23-9-8-14-15-10-13(26-3)6-7-16(15)21-17(14)11-23/h6-7,10,12,18,21H,5,8-9,11H2,1-4H3,(H,22,25)/t12-,18+/m0/s1. The number of carbonyl (C=O) groups is 2. The van der Waals surface area contributed by atoms with Crippen LogP contribution >= 0.6 is 0 Å². The molecule has 0 unspecified atom stereocenters. The summed E-state index contributed by atoms with van der Waals surface area (Å²) in [5.74, 6) is 0.411. The zero-order chi connectivity index (χ0) is 19.6. The van der Waals surface area contributed by atoms with Crippen molar-refractivity contribution in [2.45, 2.75) is 39.3 Å². The van der Waals surface area contributed by atoms with Crippen molar-refractivity contribution in [3.8, 4) is 5.75 Å². The third-order valence-corrected chi connectivity index (χ3v) is 5.42. The van der Waals surface area contributed by atoms with Crippen LogP contribution in [0.25, 0.3) is 10.9 Å². The van der Waals surface area contributed by atoms with E-state index in [2.05, 4.69) is 10.3 Å². The molecule has 2 N–H and O–H groups in total. The van der Waals surface area contributed by atoms with Gasteiger partial charge in [0.1, 0.15) is 11.8 Å². The van der Waals surface area contributed by atoms with Crippen LogP contribution in [-0.4, -0.2) is 48.7 Å². The first-order valence-corrected chi connectivity index (χ1v) is 9.29. The third-order valence-electron chi connectivity index (χ3n) is 5.42. The number of H-pyrrole nitrogens is 1. The Morgan fingerprint density at radius 3 is 2.78 bits per heavy atom. The number of nitrogens with one attached hydrogen (secondary N) is 2. The molecular weight excluding hydrogens is 346 g/mol. The second-order valence-corrected chi connectivity index (χ2v) is 7.00. The highest BCUT2D eigenvalue weighted by atomic mass is 16.5. The van der Waals surface area contributed by atoms with E-state index in [-0.39, 0.29) is 11.9 Å². The summed E-state index contributed by atoms with van der Waals surface area (Å²) in [6.45, 7) is 4.99. The number of hydrogen-bond acceptors (Lipinski definition) is 4. The second-order valence-electron chi connectivity index (χ2n) is 7.00. The van der Waals surface area contributed by atoms with E-state index in [4.69, 9.17) is 9.47 Å². The van der Waals surface area contributed by atoms with Crippen molar-refractivity contribution < 1.29 is 19.1 Å². The quantitative estimate of drug-likeness (QED) is 0.790. The number of esters is 1. The molecule has 0 fully saturated rings. The minimum atomic E-state index is -0.638. The highest BCUT2D eigenvalue weighted by molar-refractivity contribution is 5.87. The number of fused-ring (bicyclic) bond motifs is 3. The Kier molecular flexibility index (Phi) is 5.58. The molecule has 7 nitrogen and oxygen atoms in total. The molecule has 2 heterocycles. The summed E-state index contributed by atoms with van der Waals surface area (Å²) in [7, 11) is 3.00. The summed E-state index contributed by atoms with van der Waals surface area (Å²) in [5, 5.41) is 3.99. The number of carbonyl (C=O) groups excluding carboxylic acids is 2. The van der Waals surface area contributed by atoms with Gasteiger partial charge in [0, 0.05) is 23.1 Å². The SMILES string of the molecule is CC[C@H](C)[C@@H](NC(=O)N1CCc2c([nH]c3ccc(OC)cc23)C1)C(=O)OC. The van der Waals surface area contributed by atoms with Crippen LogP contribution in [0.3, 0.4) is 0 Å². The first kappa shape index (κ1) is 19.1. The van der Waals surface area contributed by atoms with Crippen LogP contribution in [-0.2, 0) is 22.5 Å². The predicted octanol–water partition coefficient (Wildman–Crippen LogP) is 2.83. The number of rotatable bonds is 5. The van der Waals surface area contributed by atoms with E-state index in [1.807, 2.05) is 32.0 Å². The molecule has 2 atom stereocenters. The molecule has 1 aliphatic heterocycles. The average Bonchev–Trinajstić information content (AvgIpc) is 3.07. The Bertz CT molecular complexity index is 845. The van der Waals surface area contributed by atoms with Crippen LogP contribution in [0.4, 0.5) is 4.79 Å². The largest absolute Gasteiger partial charge is 0.497 e. The fourth-order valence-corrected chi connectivity index (χ4v) is 3.54. The predicted molar refractivity (Wildman–Crippen MR) is 103 cm³/mol. The van der Waals surface area contributed by atoms with Gasteiger partial charge in [0.25, 0.3) is 0 Å². The summed E-state index contributed by atoms with van der Waals surface area (Å²) in [4.78, 5) is 29.9. The number of urea groups is 1. The van der Waals surface area contributed by atoms with Gasteiger partial charge in [0.2, 0.25) is 0 Å². The van der Waals surface area contributed by atoms with Gasteiger partial charge in [0.15, 0.2) is 0 Å². The Morgan fingerprint density at radius 2 is 2.11 bits per heavy atom. The van der Waals surface area contributed by atoms with Crippen LogP contribution in [0, 0.1) is 5.92 Å². The van der Waals surface area contributed by atoms with Crippen molar-refractivity contribution in [2.75, 3.05) is 20.8 Å². The topological polar surface area (TPSA) is 83.7 Å². The smallest absolute Gasteiger partial charge is 0.328 e. The first-order valence-electron chi connectivity index (χ1n) is 9.29. The van der Waals surface area contributed by atoms with Crippen LogP contribution in [0.15, 0.2) is 18.2 Å². The lowest BCUT2D eigenvalue weighted by molar-refractivity contribution is -0.144. The molecule has 1 aliphatic rings. The summed E-state index contributed by atoms with van der Waals surface area (Å²) >= 11 is 0. The van der Waals surface area contributed by atoms with E-state index in [0.29, 0.717) is 13.1 Å². The van der Waals surface area contributed by atoms with Crippen molar-refractivity contribution in [3.05, 3.63) is 29.5 Å². The zero-order valence-corrected chi connectivity index (χ0v) is 16.3. The average molecular weight is 373 g/mol. The van der Waals surface area contributed by atoms with Crippen molar-refractivity contribution in [1.82, 2.24) is 15.2 Å². The van der Waals surface area contributed by atoms with Gasteiger partial charge in [-0.1, -0.05) is 20.3 Å². The van der Waals surface area contributed by atoms with Crippen molar-refractivity contribution >= 4 is 22.9 Å². The summed E-state index contributed by atoms with van der Waals surface area (Å²) < 4.78 is 10.2. The van der Waals surface area contributed by atoms with Crippen molar-refractivity contribution in [1.29, 1.82) is 0 Å². The summed E-state index contributed by atoms with van der Waals surface area (Å²) in [6.07, 6.45) is 1.52. The highest BCUT2D eigenvalue weighted by Gasteiger charge is 2.30. The third kappa shape index (κ3) is 3.72. The Morgan fingerprint density at radius 1 is 1.33 bits per heavy atom. The monoisotopic (exact) mass is 373 g/mol. The lowest BCUT2D eigenvalue weighted by Crippen LogP contribution is -2.51. The lowest BCUT2D eigenvalue weighted by atomic mass is 9.99. The molecule has 146 valence electrons. The van der Waals surface area contributed by atoms with E-state index >= 15 is 0 Å². The minimum absolute atomic E-state index is 0.00212. The van der Waals surface area contributed by atoms with Gasteiger partial charge < -0.3 is 24.7 Å². The zero-order valence-electron chi connectivity index (χ0n) is 16.3. The Labute approximate surface area is 159 Å². The minimum Gasteiger partial charge on any atom is -0.497 e. The van der Waals surface area contributed by atoms with Gasteiger partial charge >= 0.3 is 12.0 Å². The normalized spacial score (nSPS) is 15.8. The molecule has 3 rings (SSSR count). The van der Waals surface area contributed by atoms with Gasteiger partial charge in [-0.3, -0.25) is 0 Å². The van der Waals surface area contributed by atoms with Gasteiger partial charge in [-0.25, -0.2) is 9.59 Å². The van der Waals surface area contributed by atoms with E-state index < -0.39 is 12.0 Å². The molecule has 1 aromatic carbocycles. The van der Waals surface area contributed by atoms with Gasteiger partial charge in [0.05, 0.1) is 20.8 Å². The number of nitrogens with zero attached hydrogens (tertiary/aromatic N) is 1. The molecular formula is C20H27N3O4. The van der Waals surface area contributed by atoms with E-state index in [0.717, 1.165) is 35.2 Å². The van der Waals surface area contributed by atoms with E-state index in [1.54, 1.807) is 12.0 Å². The van der Waals surface area contributed by atoms with Crippen LogP contribution < -0.4 is 10.1 Å². The van der Waals surface area contributed by atoms with Crippen LogP contribution in [0.1, 0.15) is 31.5 Å². The Balaban J connectivity index is 1.77. The maximum Gasteiger partial charge on any atom is 0.328 e. The molecule has 0 radical (unpaired) electrons. The number of amides is 2. The molecule has 0 saturated heterocycles. The number of aromatic nitrogens is 1. The summed E-state index contributed by atoms with van der Waals surface area (Å²) in [6, 6.07) is 5.06. The number of ether oxygens (including phenoxy) is 2. The molecule has 27 heavy (non-hydrogen) atoms. The molecule has 0 spiro atoms. The first-order chi connectivity index (χ1) is 13.0. The fraction of sp³-hybridized carbons (Fsp3) is 0.500. The molecule has 0 aliphatic carbocycles. The molecule has 2 amide bonds. The van der Waals surface area contributed by atoms with Crippen LogP contribution in [0.5, 0.6) is 5.75 Å². The van der Waals surface area contributed by atoms with Gasteiger partial charge in [-0.05, 0) is 36.1 Å². The molecule has 7 heteroatoms. The highest BCUT2D eigenvalue weighted by Crippen LogP contribution is 2.30. The maximum absolute atomic E-state index is 12.7. The van der Waals surface area contributed by atoms with Gasteiger partial charge in [-0.15, -0.1) is 0 Å². The van der Waals surface area contributed by atoms with Gasteiger partial charge in [-0.2, -0.15) is 0 Å². The van der Waals surface area contributed by atoms with Crippen molar-refractivity contribution in [2.24, 2.45) is 5.92 Å². The molecule has 1 aromatic heterocycles. The molecule has 0 saturated carbocycles. The number of benzene rings is 1. The maximum atomic E-state index is 12.7. The molecule has 0 bridgehead atoms. The number of aromatic amines is 1. The van der Waals surface area contributed by atoms with Crippen LogP contribution in [0.2, 0.25) is 0 Å². The molecule has 2 aromatic rings. The number of hydrogen-bond donors (Lipinski definition) is 2.